The summed E-state index contributed by atoms with van der Waals surface area (Å²) in [6.45, 7) is 0. The minimum absolute atomic E-state index is 0.182. The fourth-order valence-electron chi connectivity index (χ4n) is 3.44. The molecule has 0 radical (unpaired) electrons. The Balaban J connectivity index is 1.72. The van der Waals surface area contributed by atoms with Crippen LogP contribution in [0.4, 0.5) is 5.69 Å². The predicted molar refractivity (Wildman–Crippen MR) is 99.6 cm³/mol. The van der Waals surface area contributed by atoms with Gasteiger partial charge >= 0.3 is 5.97 Å². The zero-order valence-electron chi connectivity index (χ0n) is 14.5. The van der Waals surface area contributed by atoms with Crippen LogP contribution in [-0.2, 0) is 17.6 Å². The summed E-state index contributed by atoms with van der Waals surface area (Å²) in [4.78, 5) is 16.0. The lowest BCUT2D eigenvalue weighted by molar-refractivity contribution is 0.0601. The monoisotopic (exact) mass is 349 g/mol. The number of benzene rings is 2. The number of phenolic OH excluding ortho intramolecular Hbond substituents is 1. The number of esters is 1. The van der Waals surface area contributed by atoms with Crippen LogP contribution in [0.1, 0.15) is 40.1 Å². The third kappa shape index (κ3) is 2.86. The third-order valence-corrected chi connectivity index (χ3v) is 4.77. The molecular formula is C21H19NO4. The molecule has 0 atom stereocenters. The molecule has 0 fully saturated rings. The highest BCUT2D eigenvalue weighted by molar-refractivity contribution is 6.03. The van der Waals surface area contributed by atoms with E-state index in [4.69, 9.17) is 9.15 Å². The molecule has 1 aliphatic rings. The SMILES string of the molecule is COC(=O)c1ccc(N=Cc2c(O)ccc3oc4c(c23)CCCC4)cc1. The zero-order chi connectivity index (χ0) is 18.1. The van der Waals surface area contributed by atoms with Gasteiger partial charge in [-0.1, -0.05) is 0 Å². The van der Waals surface area contributed by atoms with Crippen molar-refractivity contribution in [1.29, 1.82) is 0 Å². The Hall–Kier alpha value is -3.08. The van der Waals surface area contributed by atoms with Crippen LogP contribution in [0.15, 0.2) is 45.8 Å². The number of nitrogens with zero attached hydrogens (tertiary/aromatic N) is 1. The standard InChI is InChI=1S/C21H19NO4/c1-25-21(24)13-6-8-14(9-7-13)22-12-16-17(23)10-11-19-20(16)15-4-2-3-5-18(15)26-19/h6-12,23H,2-5H2,1H3. The van der Waals surface area contributed by atoms with E-state index in [9.17, 15) is 9.90 Å². The van der Waals surface area contributed by atoms with Crippen LogP contribution in [0.3, 0.4) is 0 Å². The van der Waals surface area contributed by atoms with E-state index in [0.29, 0.717) is 16.8 Å². The molecule has 1 aliphatic carbocycles. The first-order chi connectivity index (χ1) is 12.7. The van der Waals surface area contributed by atoms with Gasteiger partial charge in [-0.15, -0.1) is 0 Å². The van der Waals surface area contributed by atoms with E-state index in [1.807, 2.05) is 6.07 Å². The molecular weight excluding hydrogens is 330 g/mol. The van der Waals surface area contributed by atoms with Crippen LogP contribution in [-0.4, -0.2) is 24.4 Å². The fraction of sp³-hybridized carbons (Fsp3) is 0.238. The maximum Gasteiger partial charge on any atom is 0.337 e. The van der Waals surface area contributed by atoms with Crippen LogP contribution in [0.5, 0.6) is 5.75 Å². The average Bonchev–Trinajstić information content (AvgIpc) is 3.06. The smallest absolute Gasteiger partial charge is 0.337 e. The maximum absolute atomic E-state index is 11.5. The molecule has 0 spiro atoms. The molecule has 26 heavy (non-hydrogen) atoms. The molecule has 0 unspecified atom stereocenters. The van der Waals surface area contributed by atoms with Gasteiger partial charge in [-0.3, -0.25) is 4.99 Å². The van der Waals surface area contributed by atoms with Crippen molar-refractivity contribution in [3.05, 3.63) is 58.8 Å². The van der Waals surface area contributed by atoms with E-state index in [0.717, 1.165) is 42.4 Å². The summed E-state index contributed by atoms with van der Waals surface area (Å²) in [5.74, 6) is 0.823. The molecule has 132 valence electrons. The molecule has 4 rings (SSSR count). The van der Waals surface area contributed by atoms with E-state index in [1.165, 1.54) is 12.7 Å². The van der Waals surface area contributed by atoms with Crippen LogP contribution in [0, 0.1) is 0 Å². The quantitative estimate of drug-likeness (QED) is 0.556. The molecule has 0 bridgehead atoms. The number of furan rings is 1. The number of phenols is 1. The van der Waals surface area contributed by atoms with Gasteiger partial charge in [-0.2, -0.15) is 0 Å². The van der Waals surface area contributed by atoms with Crippen molar-refractivity contribution in [2.45, 2.75) is 25.7 Å². The van der Waals surface area contributed by atoms with Gasteiger partial charge in [0.25, 0.3) is 0 Å². The molecule has 5 nitrogen and oxygen atoms in total. The van der Waals surface area contributed by atoms with Gasteiger partial charge < -0.3 is 14.3 Å². The highest BCUT2D eigenvalue weighted by Crippen LogP contribution is 2.36. The molecule has 5 heteroatoms. The first-order valence-electron chi connectivity index (χ1n) is 8.66. The summed E-state index contributed by atoms with van der Waals surface area (Å²) in [6, 6.07) is 10.3. The summed E-state index contributed by atoms with van der Waals surface area (Å²) >= 11 is 0. The number of ether oxygens (including phenoxy) is 1. The second kappa shape index (κ2) is 6.67. The highest BCUT2D eigenvalue weighted by atomic mass is 16.5. The summed E-state index contributed by atoms with van der Waals surface area (Å²) in [5, 5.41) is 11.3. The van der Waals surface area contributed by atoms with Gasteiger partial charge in [0.2, 0.25) is 0 Å². The number of hydrogen-bond acceptors (Lipinski definition) is 5. The molecule has 0 saturated carbocycles. The Bertz CT molecular complexity index is 999. The topological polar surface area (TPSA) is 72.0 Å². The second-order valence-corrected chi connectivity index (χ2v) is 6.38. The number of aromatic hydroxyl groups is 1. The fourth-order valence-corrected chi connectivity index (χ4v) is 3.44. The van der Waals surface area contributed by atoms with Crippen molar-refractivity contribution in [2.75, 3.05) is 7.11 Å². The summed E-state index contributed by atoms with van der Waals surface area (Å²) < 4.78 is 10.7. The summed E-state index contributed by atoms with van der Waals surface area (Å²) in [6.07, 6.45) is 5.82. The first-order valence-corrected chi connectivity index (χ1v) is 8.66. The number of carbonyl (C=O) groups excluding carboxylic acids is 1. The Labute approximate surface area is 150 Å². The molecule has 0 aliphatic heterocycles. The maximum atomic E-state index is 11.5. The van der Waals surface area contributed by atoms with Crippen molar-refractivity contribution in [1.82, 2.24) is 0 Å². The van der Waals surface area contributed by atoms with Crippen LogP contribution in [0.25, 0.3) is 11.0 Å². The summed E-state index contributed by atoms with van der Waals surface area (Å²) in [5.41, 5.74) is 3.81. The normalized spacial score (nSPS) is 13.9. The molecule has 3 aromatic rings. The Morgan fingerprint density at radius 3 is 2.69 bits per heavy atom. The largest absolute Gasteiger partial charge is 0.507 e. The van der Waals surface area contributed by atoms with Gasteiger partial charge in [0, 0.05) is 29.1 Å². The number of methoxy groups -OCH3 is 1. The average molecular weight is 349 g/mol. The summed E-state index contributed by atoms with van der Waals surface area (Å²) in [7, 11) is 1.35. The van der Waals surface area contributed by atoms with Gasteiger partial charge in [-0.05, 0) is 55.7 Å². The lowest BCUT2D eigenvalue weighted by Gasteiger charge is -2.09. The molecule has 0 saturated heterocycles. The lowest BCUT2D eigenvalue weighted by Crippen LogP contribution is -2.00. The second-order valence-electron chi connectivity index (χ2n) is 6.38. The number of hydrogen-bond donors (Lipinski definition) is 1. The van der Waals surface area contributed by atoms with Crippen molar-refractivity contribution in [3.8, 4) is 5.75 Å². The minimum atomic E-state index is -0.382. The van der Waals surface area contributed by atoms with E-state index < -0.39 is 0 Å². The van der Waals surface area contributed by atoms with Crippen LogP contribution in [0.2, 0.25) is 0 Å². The van der Waals surface area contributed by atoms with Crippen LogP contribution >= 0.6 is 0 Å². The molecule has 2 aromatic carbocycles. The van der Waals surface area contributed by atoms with Crippen molar-refractivity contribution in [2.24, 2.45) is 4.99 Å². The lowest BCUT2D eigenvalue weighted by atomic mass is 9.94. The van der Waals surface area contributed by atoms with Crippen molar-refractivity contribution in [3.63, 3.8) is 0 Å². The van der Waals surface area contributed by atoms with E-state index >= 15 is 0 Å². The minimum Gasteiger partial charge on any atom is -0.507 e. The van der Waals surface area contributed by atoms with Gasteiger partial charge in [0.05, 0.1) is 18.4 Å². The Morgan fingerprint density at radius 1 is 1.15 bits per heavy atom. The third-order valence-electron chi connectivity index (χ3n) is 4.77. The van der Waals surface area contributed by atoms with Gasteiger partial charge in [0.1, 0.15) is 17.1 Å². The molecule has 0 amide bonds. The van der Waals surface area contributed by atoms with Crippen molar-refractivity contribution < 1.29 is 19.1 Å². The molecule has 1 N–H and O–H groups in total. The number of aryl methyl sites for hydroxylation is 2. The van der Waals surface area contributed by atoms with E-state index in [2.05, 4.69) is 4.99 Å². The van der Waals surface area contributed by atoms with Crippen LogP contribution < -0.4 is 0 Å². The van der Waals surface area contributed by atoms with Crippen molar-refractivity contribution >= 4 is 28.8 Å². The first kappa shape index (κ1) is 16.4. The number of fused-ring (bicyclic) bond motifs is 3. The Morgan fingerprint density at radius 2 is 1.92 bits per heavy atom. The number of aliphatic imine (C=N–C) groups is 1. The molecule has 1 heterocycles. The van der Waals surface area contributed by atoms with E-state index in [-0.39, 0.29) is 11.7 Å². The van der Waals surface area contributed by atoms with Gasteiger partial charge in [0.15, 0.2) is 0 Å². The highest BCUT2D eigenvalue weighted by Gasteiger charge is 2.21. The predicted octanol–water partition coefficient (Wildman–Crippen LogP) is 4.55. The number of rotatable bonds is 3. The van der Waals surface area contributed by atoms with Gasteiger partial charge in [-0.25, -0.2) is 4.79 Å². The Kier molecular flexibility index (Phi) is 4.21. The number of carbonyl (C=O) groups is 1. The van der Waals surface area contributed by atoms with E-state index in [1.54, 1.807) is 36.5 Å². The zero-order valence-corrected chi connectivity index (χ0v) is 14.5. The molecule has 1 aromatic heterocycles.